The van der Waals surface area contributed by atoms with Gasteiger partial charge in [0.1, 0.15) is 4.88 Å². The van der Waals surface area contributed by atoms with Crippen LogP contribution in [0.25, 0.3) is 0 Å². The summed E-state index contributed by atoms with van der Waals surface area (Å²) in [6, 6.07) is 3.23. The lowest BCUT2D eigenvalue weighted by Crippen LogP contribution is -2.11. The van der Waals surface area contributed by atoms with E-state index in [1.54, 1.807) is 19.1 Å². The average molecular weight is 312 g/mol. The molecule has 0 saturated carbocycles. The average Bonchev–Trinajstić information content (AvgIpc) is 2.95. The van der Waals surface area contributed by atoms with E-state index in [2.05, 4.69) is 10.3 Å². The molecule has 1 aromatic carbocycles. The van der Waals surface area contributed by atoms with E-state index in [0.717, 1.165) is 11.3 Å². The molecule has 1 aliphatic rings. The molecule has 8 heteroatoms. The van der Waals surface area contributed by atoms with Crippen LogP contribution in [0, 0.1) is 6.92 Å². The van der Waals surface area contributed by atoms with Gasteiger partial charge in [-0.1, -0.05) is 22.9 Å². The van der Waals surface area contributed by atoms with Crippen molar-refractivity contribution in [2.24, 2.45) is 0 Å². The smallest absolute Gasteiger partial charge is 0.267 e. The van der Waals surface area contributed by atoms with Crippen molar-refractivity contribution in [2.75, 3.05) is 17.8 Å². The highest BCUT2D eigenvalue weighted by Gasteiger charge is 2.20. The van der Waals surface area contributed by atoms with Gasteiger partial charge in [-0.25, -0.2) is 4.98 Å². The fraction of sp³-hybridized carbons (Fsp3) is 0.167. The van der Waals surface area contributed by atoms with Gasteiger partial charge in [-0.15, -0.1) is 0 Å². The number of halogens is 1. The number of hydrogen-bond acceptors (Lipinski definition) is 6. The van der Waals surface area contributed by atoms with Gasteiger partial charge in [0, 0.05) is 12.1 Å². The fourth-order valence-electron chi connectivity index (χ4n) is 1.82. The van der Waals surface area contributed by atoms with E-state index in [-0.39, 0.29) is 12.7 Å². The van der Waals surface area contributed by atoms with Crippen LogP contribution in [0.1, 0.15) is 15.4 Å². The number of fused-ring (bicyclic) bond motifs is 1. The topological polar surface area (TPSA) is 86.5 Å². The first-order valence-corrected chi connectivity index (χ1v) is 6.87. The molecule has 0 fully saturated rings. The summed E-state index contributed by atoms with van der Waals surface area (Å²) in [5, 5.41) is 3.44. The molecule has 104 valence electrons. The molecular formula is C12H10ClN3O3S. The van der Waals surface area contributed by atoms with E-state index in [1.807, 2.05) is 0 Å². The molecule has 1 aliphatic heterocycles. The summed E-state index contributed by atoms with van der Waals surface area (Å²) in [7, 11) is 0. The molecule has 0 radical (unpaired) electrons. The summed E-state index contributed by atoms with van der Waals surface area (Å²) in [5.41, 5.74) is 6.62. The molecule has 0 unspecified atom stereocenters. The van der Waals surface area contributed by atoms with Gasteiger partial charge in [0.25, 0.3) is 5.91 Å². The van der Waals surface area contributed by atoms with Gasteiger partial charge in [-0.3, -0.25) is 4.79 Å². The maximum atomic E-state index is 12.2. The molecule has 3 N–H and O–H groups in total. The molecular weight excluding hydrogens is 302 g/mol. The molecule has 0 atom stereocenters. The zero-order valence-electron chi connectivity index (χ0n) is 10.4. The summed E-state index contributed by atoms with van der Waals surface area (Å²) < 4.78 is 10.4. The number of carbonyl (C=O) groups excluding carboxylic acids is 1. The summed E-state index contributed by atoms with van der Waals surface area (Å²) in [6.45, 7) is 1.87. The van der Waals surface area contributed by atoms with Crippen LogP contribution >= 0.6 is 22.9 Å². The van der Waals surface area contributed by atoms with Crippen molar-refractivity contribution in [3.63, 3.8) is 0 Å². The highest BCUT2D eigenvalue weighted by Crippen LogP contribution is 2.39. The number of hydrogen-bond donors (Lipinski definition) is 2. The Morgan fingerprint density at radius 1 is 1.45 bits per heavy atom. The van der Waals surface area contributed by atoms with Gasteiger partial charge in [0.15, 0.2) is 16.6 Å². The Bertz CT molecular complexity index is 701. The highest BCUT2D eigenvalue weighted by molar-refractivity contribution is 7.17. The SMILES string of the molecule is Cc1nc(N)sc1C(=O)Nc1cc2c(cc1Cl)OCO2. The van der Waals surface area contributed by atoms with Crippen LogP contribution in [0.3, 0.4) is 0 Å². The number of aryl methyl sites for hydroxylation is 1. The number of nitrogens with zero attached hydrogens (tertiary/aromatic N) is 1. The third-order valence-electron chi connectivity index (χ3n) is 2.73. The Balaban J connectivity index is 1.88. The second-order valence-corrected chi connectivity index (χ2v) is 5.54. The monoisotopic (exact) mass is 311 g/mol. The Morgan fingerprint density at radius 2 is 2.15 bits per heavy atom. The van der Waals surface area contributed by atoms with Gasteiger partial charge in [0.05, 0.1) is 16.4 Å². The van der Waals surface area contributed by atoms with Crippen molar-refractivity contribution in [1.29, 1.82) is 0 Å². The molecule has 0 spiro atoms. The first kappa shape index (κ1) is 13.0. The minimum Gasteiger partial charge on any atom is -0.454 e. The summed E-state index contributed by atoms with van der Waals surface area (Å²) in [4.78, 5) is 16.6. The number of ether oxygens (including phenoxy) is 2. The quantitative estimate of drug-likeness (QED) is 0.890. The maximum Gasteiger partial charge on any atom is 0.267 e. The Labute approximate surface area is 123 Å². The Hall–Kier alpha value is -1.99. The normalized spacial score (nSPS) is 12.5. The largest absolute Gasteiger partial charge is 0.454 e. The van der Waals surface area contributed by atoms with Crippen LogP contribution in [0.15, 0.2) is 12.1 Å². The zero-order valence-corrected chi connectivity index (χ0v) is 12.0. The van der Waals surface area contributed by atoms with Gasteiger partial charge < -0.3 is 20.5 Å². The first-order valence-electron chi connectivity index (χ1n) is 5.68. The number of carbonyl (C=O) groups is 1. The second-order valence-electron chi connectivity index (χ2n) is 4.11. The van der Waals surface area contributed by atoms with Gasteiger partial charge in [-0.2, -0.15) is 0 Å². The van der Waals surface area contributed by atoms with Crippen LogP contribution in [-0.4, -0.2) is 17.7 Å². The number of amides is 1. The van der Waals surface area contributed by atoms with E-state index in [0.29, 0.717) is 37.9 Å². The Morgan fingerprint density at radius 3 is 2.80 bits per heavy atom. The lowest BCUT2D eigenvalue weighted by Gasteiger charge is -2.07. The molecule has 2 heterocycles. The molecule has 1 aromatic heterocycles. The Kier molecular flexibility index (Phi) is 3.15. The predicted octanol–water partition coefficient (Wildman–Crippen LogP) is 2.67. The number of thiazole rings is 1. The van der Waals surface area contributed by atoms with Crippen molar-refractivity contribution in [3.05, 3.63) is 27.7 Å². The van der Waals surface area contributed by atoms with Crippen LogP contribution in [0.2, 0.25) is 5.02 Å². The highest BCUT2D eigenvalue weighted by atomic mass is 35.5. The van der Waals surface area contributed by atoms with Crippen molar-refractivity contribution >= 4 is 39.7 Å². The van der Waals surface area contributed by atoms with Crippen LogP contribution in [0.4, 0.5) is 10.8 Å². The third kappa shape index (κ3) is 2.25. The zero-order chi connectivity index (χ0) is 14.3. The molecule has 6 nitrogen and oxygen atoms in total. The van der Waals surface area contributed by atoms with E-state index in [4.69, 9.17) is 26.8 Å². The van der Waals surface area contributed by atoms with E-state index in [1.165, 1.54) is 0 Å². The second kappa shape index (κ2) is 4.84. The molecule has 0 aliphatic carbocycles. The standard InChI is InChI=1S/C12H10ClN3O3S/c1-5-10(20-12(14)15-5)11(17)16-7-3-9-8(2-6(7)13)18-4-19-9/h2-3H,4H2,1H3,(H2,14,15)(H,16,17). The molecule has 1 amide bonds. The molecule has 2 aromatic rings. The maximum absolute atomic E-state index is 12.2. The summed E-state index contributed by atoms with van der Waals surface area (Å²) in [6.07, 6.45) is 0. The van der Waals surface area contributed by atoms with E-state index >= 15 is 0 Å². The molecule has 20 heavy (non-hydrogen) atoms. The van der Waals surface area contributed by atoms with Gasteiger partial charge in [0.2, 0.25) is 6.79 Å². The third-order valence-corrected chi connectivity index (χ3v) is 4.03. The van der Waals surface area contributed by atoms with E-state index < -0.39 is 0 Å². The first-order chi connectivity index (χ1) is 9.54. The van der Waals surface area contributed by atoms with Crippen molar-refractivity contribution in [3.8, 4) is 11.5 Å². The predicted molar refractivity (Wildman–Crippen MR) is 76.8 cm³/mol. The minimum absolute atomic E-state index is 0.146. The van der Waals surface area contributed by atoms with Crippen molar-refractivity contribution in [2.45, 2.75) is 6.92 Å². The van der Waals surface area contributed by atoms with Gasteiger partial charge in [-0.05, 0) is 6.92 Å². The lowest BCUT2D eigenvalue weighted by molar-refractivity contribution is 0.103. The minimum atomic E-state index is -0.308. The lowest BCUT2D eigenvalue weighted by atomic mass is 10.2. The summed E-state index contributed by atoms with van der Waals surface area (Å²) >= 11 is 7.23. The van der Waals surface area contributed by atoms with Crippen molar-refractivity contribution < 1.29 is 14.3 Å². The number of nitrogens with one attached hydrogen (secondary N) is 1. The van der Waals surface area contributed by atoms with Crippen molar-refractivity contribution in [1.82, 2.24) is 4.98 Å². The molecule has 0 bridgehead atoms. The molecule has 0 saturated heterocycles. The van der Waals surface area contributed by atoms with Gasteiger partial charge >= 0.3 is 0 Å². The molecule has 3 rings (SSSR count). The van der Waals surface area contributed by atoms with Crippen LogP contribution in [-0.2, 0) is 0 Å². The number of anilines is 2. The summed E-state index contributed by atoms with van der Waals surface area (Å²) in [5.74, 6) is 0.800. The fourth-order valence-corrected chi connectivity index (χ4v) is 2.75. The van der Waals surface area contributed by atoms with Crippen LogP contribution < -0.4 is 20.5 Å². The number of nitrogen functional groups attached to an aromatic ring is 1. The van der Waals surface area contributed by atoms with Crippen LogP contribution in [0.5, 0.6) is 11.5 Å². The number of rotatable bonds is 2. The number of benzene rings is 1. The number of nitrogens with two attached hydrogens (primary N) is 1. The van der Waals surface area contributed by atoms with E-state index in [9.17, 15) is 4.79 Å². The number of aromatic nitrogens is 1.